The lowest BCUT2D eigenvalue weighted by Gasteiger charge is -2.36. The van der Waals surface area contributed by atoms with Crippen molar-refractivity contribution in [2.45, 2.75) is 57.7 Å². The Morgan fingerprint density at radius 3 is 2.78 bits per heavy atom. The summed E-state index contributed by atoms with van der Waals surface area (Å²) >= 11 is 0. The van der Waals surface area contributed by atoms with Crippen LogP contribution in [0.25, 0.3) is 5.65 Å². The normalized spacial score (nSPS) is 18.2. The van der Waals surface area contributed by atoms with Gasteiger partial charge in [0.05, 0.1) is 6.20 Å². The van der Waals surface area contributed by atoms with Crippen LogP contribution in [-0.2, 0) is 20.9 Å². The number of hydrogen-bond donors (Lipinski definition) is 3. The third-order valence-corrected chi connectivity index (χ3v) is 6.86. The van der Waals surface area contributed by atoms with Gasteiger partial charge in [-0.2, -0.15) is 9.61 Å². The minimum absolute atomic E-state index is 0.157. The molecular formula is C26H33N7O3. The van der Waals surface area contributed by atoms with E-state index in [1.807, 2.05) is 41.0 Å². The van der Waals surface area contributed by atoms with Crippen LogP contribution in [0.15, 0.2) is 36.5 Å². The molecule has 2 aliphatic rings. The third-order valence-electron chi connectivity index (χ3n) is 6.86. The van der Waals surface area contributed by atoms with Gasteiger partial charge in [0.2, 0.25) is 12.3 Å². The van der Waals surface area contributed by atoms with Crippen molar-refractivity contribution in [3.05, 3.63) is 47.7 Å². The fraction of sp³-hybridized carbons (Fsp3) is 0.462. The van der Waals surface area contributed by atoms with E-state index in [4.69, 9.17) is 9.72 Å². The number of carbonyl (C=O) groups is 2. The molecule has 1 unspecified atom stereocenters. The van der Waals surface area contributed by atoms with Crippen LogP contribution in [0.4, 0.5) is 17.3 Å². The maximum atomic E-state index is 12.5. The first-order chi connectivity index (χ1) is 17.5. The van der Waals surface area contributed by atoms with Gasteiger partial charge in [-0.3, -0.25) is 9.59 Å². The number of likely N-dealkylation sites (tertiary alicyclic amines) is 1. The maximum absolute atomic E-state index is 12.5. The molecule has 0 bridgehead atoms. The molecule has 10 heteroatoms. The molecule has 3 aromatic rings. The molecule has 0 spiro atoms. The van der Waals surface area contributed by atoms with Gasteiger partial charge < -0.3 is 25.6 Å². The molecule has 1 aromatic carbocycles. The summed E-state index contributed by atoms with van der Waals surface area (Å²) in [6.45, 7) is 6.97. The first-order valence-corrected chi connectivity index (χ1v) is 12.6. The fourth-order valence-corrected chi connectivity index (χ4v) is 4.63. The summed E-state index contributed by atoms with van der Waals surface area (Å²) in [4.78, 5) is 29.9. The van der Waals surface area contributed by atoms with Crippen LogP contribution in [0.3, 0.4) is 0 Å². The van der Waals surface area contributed by atoms with Gasteiger partial charge in [-0.05, 0) is 42.9 Å². The average molecular weight is 492 g/mol. The number of nitrogens with zero attached hydrogens (tertiary/aromatic N) is 4. The molecule has 10 nitrogen and oxygen atoms in total. The highest BCUT2D eigenvalue weighted by atomic mass is 16.5. The number of fused-ring (bicyclic) bond motifs is 1. The molecule has 2 aliphatic heterocycles. The second-order valence-corrected chi connectivity index (χ2v) is 9.74. The van der Waals surface area contributed by atoms with Gasteiger partial charge in [0.25, 0.3) is 0 Å². The summed E-state index contributed by atoms with van der Waals surface area (Å²) in [7, 11) is 0. The molecule has 0 aliphatic carbocycles. The maximum Gasteiger partial charge on any atom is 0.247 e. The van der Waals surface area contributed by atoms with E-state index in [9.17, 15) is 9.59 Å². The predicted octanol–water partition coefficient (Wildman–Crippen LogP) is 3.22. The van der Waals surface area contributed by atoms with Crippen LogP contribution in [0.5, 0.6) is 0 Å². The lowest BCUT2D eigenvalue weighted by Crippen LogP contribution is -2.53. The van der Waals surface area contributed by atoms with Crippen LogP contribution < -0.4 is 16.0 Å². The number of anilines is 3. The number of aromatic nitrogens is 3. The Balaban J connectivity index is 1.33. The smallest absolute Gasteiger partial charge is 0.247 e. The van der Waals surface area contributed by atoms with Gasteiger partial charge in [0, 0.05) is 49.7 Å². The van der Waals surface area contributed by atoms with Crippen molar-refractivity contribution in [1.82, 2.24) is 19.5 Å². The van der Waals surface area contributed by atoms with Crippen molar-refractivity contribution in [1.29, 1.82) is 0 Å². The summed E-state index contributed by atoms with van der Waals surface area (Å²) in [5.74, 6) is 1.80. The molecule has 2 saturated heterocycles. The number of hydrogen-bond acceptors (Lipinski definition) is 7. The molecule has 190 valence electrons. The number of benzene rings is 1. The van der Waals surface area contributed by atoms with Crippen molar-refractivity contribution in [2.24, 2.45) is 0 Å². The molecule has 2 fully saturated rings. The van der Waals surface area contributed by atoms with E-state index in [1.54, 1.807) is 0 Å². The van der Waals surface area contributed by atoms with Crippen molar-refractivity contribution in [2.75, 3.05) is 35.7 Å². The van der Waals surface area contributed by atoms with Crippen LogP contribution in [0, 0.1) is 0 Å². The van der Waals surface area contributed by atoms with Crippen LogP contribution in [-0.4, -0.2) is 63.7 Å². The van der Waals surface area contributed by atoms with Gasteiger partial charge in [-0.15, -0.1) is 0 Å². The van der Waals surface area contributed by atoms with Crippen molar-refractivity contribution in [3.8, 4) is 0 Å². The largest absolute Gasteiger partial charge is 0.381 e. The van der Waals surface area contributed by atoms with Crippen molar-refractivity contribution in [3.63, 3.8) is 0 Å². The summed E-state index contributed by atoms with van der Waals surface area (Å²) in [5, 5.41) is 14.6. The number of ether oxygens (including phenoxy) is 1. The van der Waals surface area contributed by atoms with E-state index < -0.39 is 0 Å². The summed E-state index contributed by atoms with van der Waals surface area (Å²) < 4.78 is 7.34. The lowest BCUT2D eigenvalue weighted by atomic mass is 10.0. The van der Waals surface area contributed by atoms with E-state index in [0.717, 1.165) is 60.9 Å². The molecule has 0 saturated carbocycles. The zero-order valence-electron chi connectivity index (χ0n) is 20.7. The van der Waals surface area contributed by atoms with E-state index >= 15 is 0 Å². The third kappa shape index (κ3) is 5.13. The minimum Gasteiger partial charge on any atom is -0.381 e. The first-order valence-electron chi connectivity index (χ1n) is 12.6. The predicted molar refractivity (Wildman–Crippen MR) is 138 cm³/mol. The van der Waals surface area contributed by atoms with Crippen LogP contribution in [0.1, 0.15) is 50.2 Å². The Morgan fingerprint density at radius 2 is 2.06 bits per heavy atom. The molecule has 2 aromatic heterocycles. The van der Waals surface area contributed by atoms with Gasteiger partial charge >= 0.3 is 0 Å². The Labute approximate surface area is 210 Å². The molecule has 2 amide bonds. The standard InChI is InChI=1S/C26H33N7O3/c1-17(2)21-15-28-33-24(13-23(31-25(21)33)29-19-7-10-36-11-8-19)27-14-18-4-3-5-20(12-18)30-26(35)22-6-9-32(22)16-34/h3-5,12-13,15-17,19,22,27H,6-11,14H2,1-2H3,(H,29,31)(H,30,35). The summed E-state index contributed by atoms with van der Waals surface area (Å²) in [5.41, 5.74) is 3.65. The Morgan fingerprint density at radius 1 is 1.22 bits per heavy atom. The van der Waals surface area contributed by atoms with E-state index in [0.29, 0.717) is 37.2 Å². The molecule has 36 heavy (non-hydrogen) atoms. The quantitative estimate of drug-likeness (QED) is 0.394. The van der Waals surface area contributed by atoms with E-state index in [-0.39, 0.29) is 11.9 Å². The highest BCUT2D eigenvalue weighted by Gasteiger charge is 2.33. The lowest BCUT2D eigenvalue weighted by molar-refractivity contribution is -0.135. The van der Waals surface area contributed by atoms with E-state index in [1.165, 1.54) is 4.90 Å². The molecule has 4 heterocycles. The Kier molecular flexibility index (Phi) is 7.04. The topological polar surface area (TPSA) is 113 Å². The number of amides is 2. The number of nitrogens with one attached hydrogen (secondary N) is 3. The minimum atomic E-state index is -0.383. The van der Waals surface area contributed by atoms with E-state index in [2.05, 4.69) is 34.9 Å². The molecule has 0 radical (unpaired) electrons. The van der Waals surface area contributed by atoms with Crippen LogP contribution in [0.2, 0.25) is 0 Å². The average Bonchev–Trinajstić information content (AvgIpc) is 3.27. The van der Waals surface area contributed by atoms with Crippen molar-refractivity contribution >= 4 is 35.3 Å². The number of rotatable bonds is 9. The monoisotopic (exact) mass is 491 g/mol. The second kappa shape index (κ2) is 10.5. The molecule has 1 atom stereocenters. The van der Waals surface area contributed by atoms with Crippen LogP contribution >= 0.6 is 0 Å². The Hall–Kier alpha value is -3.66. The SMILES string of the molecule is CC(C)c1cnn2c(NCc3cccc(NC(=O)C4CCN4C=O)c3)cc(NC3CCOCC3)nc12. The van der Waals surface area contributed by atoms with Gasteiger partial charge in [-0.1, -0.05) is 26.0 Å². The van der Waals surface area contributed by atoms with Gasteiger partial charge in [-0.25, -0.2) is 4.98 Å². The van der Waals surface area contributed by atoms with Gasteiger partial charge in [0.15, 0.2) is 5.65 Å². The van der Waals surface area contributed by atoms with Crippen molar-refractivity contribution < 1.29 is 14.3 Å². The highest BCUT2D eigenvalue weighted by molar-refractivity contribution is 5.96. The molecule has 5 rings (SSSR count). The summed E-state index contributed by atoms with van der Waals surface area (Å²) in [6, 6.07) is 9.66. The second-order valence-electron chi connectivity index (χ2n) is 9.74. The molecule has 3 N–H and O–H groups in total. The molecular weight excluding hydrogens is 458 g/mol. The Bertz CT molecular complexity index is 1240. The fourth-order valence-electron chi connectivity index (χ4n) is 4.63. The van der Waals surface area contributed by atoms with Gasteiger partial charge in [0.1, 0.15) is 17.7 Å². The highest BCUT2D eigenvalue weighted by Crippen LogP contribution is 2.26. The number of carbonyl (C=O) groups excluding carboxylic acids is 2. The summed E-state index contributed by atoms with van der Waals surface area (Å²) in [6.07, 6.45) is 5.21. The zero-order valence-corrected chi connectivity index (χ0v) is 20.7. The zero-order chi connectivity index (χ0) is 25.1. The first kappa shape index (κ1) is 24.1.